The molecule has 1 saturated heterocycles. The van der Waals surface area contributed by atoms with Gasteiger partial charge < -0.3 is 4.57 Å². The molecule has 2 rings (SSSR count). The van der Waals surface area contributed by atoms with E-state index in [9.17, 15) is 17.2 Å². The number of rotatable bonds is 3. The molecule has 0 bridgehead atoms. The van der Waals surface area contributed by atoms with Crippen LogP contribution in [0, 0.1) is 0 Å². The number of hydrogen-bond acceptors (Lipinski definition) is 3. The van der Waals surface area contributed by atoms with E-state index in [1.54, 1.807) is 0 Å². The van der Waals surface area contributed by atoms with Crippen molar-refractivity contribution in [2.45, 2.75) is 23.9 Å². The Bertz CT molecular complexity index is 531. The molecule has 0 spiro atoms. The molecule has 96 valence electrons. The topological polar surface area (TPSA) is 55.2 Å². The van der Waals surface area contributed by atoms with Crippen molar-refractivity contribution in [2.75, 3.05) is 6.54 Å². The third-order valence-electron chi connectivity index (χ3n) is 2.77. The summed E-state index contributed by atoms with van der Waals surface area (Å²) in [6.45, 7) is 0.0974. The van der Waals surface area contributed by atoms with Crippen molar-refractivity contribution in [3.8, 4) is 0 Å². The SMILES string of the molecule is Cn1c(S(=O)(=O)N2CC[C@@H]2C(F)F)cnc1Cl. The van der Waals surface area contributed by atoms with Crippen molar-refractivity contribution in [3.05, 3.63) is 11.5 Å². The van der Waals surface area contributed by atoms with Crippen molar-refractivity contribution in [2.24, 2.45) is 7.05 Å². The van der Waals surface area contributed by atoms with Gasteiger partial charge in [-0.2, -0.15) is 4.31 Å². The van der Waals surface area contributed by atoms with Crippen LogP contribution in [-0.2, 0) is 17.1 Å². The first-order valence-corrected chi connectivity index (χ1v) is 6.64. The predicted octanol–water partition coefficient (Wildman–Crippen LogP) is 1.10. The average molecular weight is 286 g/mol. The molecule has 2 heterocycles. The number of hydrogen-bond donors (Lipinski definition) is 0. The maximum absolute atomic E-state index is 12.5. The highest BCUT2D eigenvalue weighted by Gasteiger charge is 2.44. The van der Waals surface area contributed by atoms with Gasteiger partial charge in [-0.05, 0) is 18.0 Å². The van der Waals surface area contributed by atoms with Gasteiger partial charge in [-0.15, -0.1) is 0 Å². The van der Waals surface area contributed by atoms with Crippen LogP contribution >= 0.6 is 11.6 Å². The summed E-state index contributed by atoms with van der Waals surface area (Å²) in [6.07, 6.45) is -1.44. The standard InChI is InChI=1S/C8H10ClF2N3O2S/c1-13-6(4-12-8(13)9)17(15,16)14-3-2-5(14)7(10)11/h4-5,7H,2-3H2,1H3/t5-/m1/s1. The Kier molecular flexibility index (Phi) is 3.13. The van der Waals surface area contributed by atoms with Gasteiger partial charge in [-0.25, -0.2) is 22.2 Å². The summed E-state index contributed by atoms with van der Waals surface area (Å²) in [6, 6.07) is -1.24. The Morgan fingerprint density at radius 3 is 2.59 bits per heavy atom. The lowest BCUT2D eigenvalue weighted by atomic mass is 10.1. The summed E-state index contributed by atoms with van der Waals surface area (Å²) in [5, 5.41) is -0.175. The van der Waals surface area contributed by atoms with Crippen molar-refractivity contribution in [3.63, 3.8) is 0 Å². The summed E-state index contributed by atoms with van der Waals surface area (Å²) in [4.78, 5) is 3.63. The molecule has 1 aliphatic rings. The smallest absolute Gasteiger partial charge is 0.260 e. The van der Waals surface area contributed by atoms with Crippen LogP contribution in [0.15, 0.2) is 11.2 Å². The Morgan fingerprint density at radius 1 is 1.59 bits per heavy atom. The first-order valence-electron chi connectivity index (χ1n) is 4.83. The van der Waals surface area contributed by atoms with Gasteiger partial charge in [0.05, 0.1) is 12.2 Å². The molecule has 0 unspecified atom stereocenters. The van der Waals surface area contributed by atoms with Crippen LogP contribution in [0.2, 0.25) is 5.28 Å². The molecule has 1 fully saturated rings. The van der Waals surface area contributed by atoms with E-state index in [1.807, 2.05) is 0 Å². The summed E-state index contributed by atoms with van der Waals surface area (Å²) < 4.78 is 51.1. The fraction of sp³-hybridized carbons (Fsp3) is 0.625. The zero-order valence-electron chi connectivity index (χ0n) is 8.85. The van der Waals surface area contributed by atoms with E-state index in [0.29, 0.717) is 0 Å². The molecule has 9 heteroatoms. The molecule has 1 aromatic heterocycles. The van der Waals surface area contributed by atoms with E-state index >= 15 is 0 Å². The largest absolute Gasteiger partial charge is 0.308 e. The number of sulfonamides is 1. The predicted molar refractivity (Wildman–Crippen MR) is 56.5 cm³/mol. The Hall–Kier alpha value is -0.730. The van der Waals surface area contributed by atoms with Gasteiger partial charge in [-0.3, -0.25) is 0 Å². The summed E-state index contributed by atoms with van der Waals surface area (Å²) in [7, 11) is -2.52. The number of imidazole rings is 1. The van der Waals surface area contributed by atoms with Gasteiger partial charge in [0.1, 0.15) is 0 Å². The normalized spacial score (nSPS) is 21.8. The van der Waals surface area contributed by atoms with E-state index in [-0.39, 0.29) is 23.3 Å². The Labute approximate surface area is 102 Å². The molecule has 0 aliphatic carbocycles. The van der Waals surface area contributed by atoms with Crippen LogP contribution in [-0.4, -0.2) is 41.3 Å². The molecule has 0 N–H and O–H groups in total. The molecule has 1 atom stereocenters. The Morgan fingerprint density at radius 2 is 2.24 bits per heavy atom. The second kappa shape index (κ2) is 4.18. The number of alkyl halides is 2. The lowest BCUT2D eigenvalue weighted by Gasteiger charge is -2.38. The highest BCUT2D eigenvalue weighted by molar-refractivity contribution is 7.89. The van der Waals surface area contributed by atoms with E-state index in [4.69, 9.17) is 11.6 Å². The lowest BCUT2D eigenvalue weighted by Crippen LogP contribution is -2.54. The summed E-state index contributed by atoms with van der Waals surface area (Å²) in [5.74, 6) is 0. The van der Waals surface area contributed by atoms with E-state index < -0.39 is 22.5 Å². The van der Waals surface area contributed by atoms with Crippen molar-refractivity contribution < 1.29 is 17.2 Å². The molecule has 1 aromatic rings. The monoisotopic (exact) mass is 285 g/mol. The minimum Gasteiger partial charge on any atom is -0.308 e. The molecule has 17 heavy (non-hydrogen) atoms. The highest BCUT2D eigenvalue weighted by Crippen LogP contribution is 2.30. The number of aromatic nitrogens is 2. The van der Waals surface area contributed by atoms with Crippen LogP contribution in [0.25, 0.3) is 0 Å². The van der Waals surface area contributed by atoms with Gasteiger partial charge in [-0.1, -0.05) is 0 Å². The third kappa shape index (κ3) is 1.94. The zero-order chi connectivity index (χ0) is 12.8. The average Bonchev–Trinajstić information content (AvgIpc) is 2.43. The molecule has 5 nitrogen and oxygen atoms in total. The van der Waals surface area contributed by atoms with Gasteiger partial charge in [0.2, 0.25) is 5.28 Å². The molecule has 0 saturated carbocycles. The van der Waals surface area contributed by atoms with Crippen LogP contribution in [0.4, 0.5) is 8.78 Å². The molecule has 0 aromatic carbocycles. The second-order valence-corrected chi connectivity index (χ2v) is 5.91. The summed E-state index contributed by atoms with van der Waals surface area (Å²) >= 11 is 5.62. The maximum Gasteiger partial charge on any atom is 0.260 e. The van der Waals surface area contributed by atoms with E-state index in [2.05, 4.69) is 4.98 Å². The zero-order valence-corrected chi connectivity index (χ0v) is 10.4. The third-order valence-corrected chi connectivity index (χ3v) is 5.10. The van der Waals surface area contributed by atoms with Gasteiger partial charge >= 0.3 is 0 Å². The van der Waals surface area contributed by atoms with Crippen molar-refractivity contribution in [1.82, 2.24) is 13.9 Å². The fourth-order valence-corrected chi connectivity index (χ4v) is 3.61. The Balaban J connectivity index is 2.35. The van der Waals surface area contributed by atoms with Crippen LogP contribution in [0.3, 0.4) is 0 Å². The van der Waals surface area contributed by atoms with Crippen molar-refractivity contribution >= 4 is 21.6 Å². The van der Waals surface area contributed by atoms with E-state index in [0.717, 1.165) is 15.1 Å². The molecular formula is C8H10ClF2N3O2S. The first-order chi connectivity index (χ1) is 7.85. The molecular weight excluding hydrogens is 276 g/mol. The number of nitrogens with zero attached hydrogens (tertiary/aromatic N) is 3. The van der Waals surface area contributed by atoms with Gasteiger partial charge in [0.25, 0.3) is 16.4 Å². The number of halogens is 3. The van der Waals surface area contributed by atoms with Crippen molar-refractivity contribution in [1.29, 1.82) is 0 Å². The van der Waals surface area contributed by atoms with Gasteiger partial charge in [0, 0.05) is 13.6 Å². The van der Waals surface area contributed by atoms with Crippen LogP contribution in [0.1, 0.15) is 6.42 Å². The minimum absolute atomic E-state index is 0.00213. The molecule has 0 radical (unpaired) electrons. The van der Waals surface area contributed by atoms with Crippen LogP contribution < -0.4 is 0 Å². The highest BCUT2D eigenvalue weighted by atomic mass is 35.5. The quantitative estimate of drug-likeness (QED) is 0.836. The fourth-order valence-electron chi connectivity index (χ4n) is 1.67. The van der Waals surface area contributed by atoms with E-state index in [1.165, 1.54) is 7.05 Å². The molecule has 0 amide bonds. The minimum atomic E-state index is -3.94. The maximum atomic E-state index is 12.5. The first kappa shape index (κ1) is 12.7. The molecule has 1 aliphatic heterocycles. The summed E-state index contributed by atoms with van der Waals surface area (Å²) in [5.41, 5.74) is 0. The van der Waals surface area contributed by atoms with Crippen LogP contribution in [0.5, 0.6) is 0 Å². The van der Waals surface area contributed by atoms with Gasteiger partial charge in [0.15, 0.2) is 5.03 Å². The second-order valence-electron chi connectivity index (χ2n) is 3.73. The lowest BCUT2D eigenvalue weighted by molar-refractivity contribution is 0.0139.